The molecule has 0 amide bonds. The smallest absolute Gasteiger partial charge is 0.290 e. The van der Waals surface area contributed by atoms with Crippen LogP contribution in [0.25, 0.3) is 0 Å². The van der Waals surface area contributed by atoms with Crippen LogP contribution < -0.4 is 4.49 Å². The molecule has 242 valence electrons. The normalized spacial score (nSPS) is 16.9. The molecule has 0 heterocycles. The molecule has 1 N–H and O–H groups in total. The van der Waals surface area contributed by atoms with E-state index in [4.69, 9.17) is 9.05 Å². The van der Waals surface area contributed by atoms with E-state index in [1.807, 2.05) is 20.8 Å². The highest BCUT2D eigenvalue weighted by Crippen LogP contribution is 2.55. The Balaban J connectivity index is 6.14. The standard InChI is InChI=1S/C32H68NO5PS/c1-8-13-18-21-25-29-32(7,28-24-20-15-10-3)38-39(34,33-40(35,36)30-17-12-5)37-31(6,26-22-16-11-4)27-23-19-14-9-2/h8-30H2,1-7H3,(H,33,34). The monoisotopic (exact) mass is 609 g/mol. The van der Waals surface area contributed by atoms with Crippen LogP contribution in [0.5, 0.6) is 0 Å². The van der Waals surface area contributed by atoms with Gasteiger partial charge in [-0.1, -0.05) is 144 Å². The minimum absolute atomic E-state index is 0.0759. The lowest BCUT2D eigenvalue weighted by molar-refractivity contribution is -0.00531. The van der Waals surface area contributed by atoms with Gasteiger partial charge in [0.1, 0.15) is 0 Å². The van der Waals surface area contributed by atoms with Crippen LogP contribution in [0.1, 0.15) is 190 Å². The Morgan fingerprint density at radius 1 is 0.525 bits per heavy atom. The highest BCUT2D eigenvalue weighted by Gasteiger charge is 2.44. The lowest BCUT2D eigenvalue weighted by Crippen LogP contribution is -2.38. The topological polar surface area (TPSA) is 81.7 Å². The maximum atomic E-state index is 14.6. The first-order valence-electron chi connectivity index (χ1n) is 17.0. The summed E-state index contributed by atoms with van der Waals surface area (Å²) >= 11 is 0. The molecule has 6 nitrogen and oxygen atoms in total. The summed E-state index contributed by atoms with van der Waals surface area (Å²) < 4.78 is 56.4. The second-order valence-corrected chi connectivity index (χ2v) is 16.3. The Bertz CT molecular complexity index is 762. The molecule has 40 heavy (non-hydrogen) atoms. The first-order valence-corrected chi connectivity index (χ1v) is 20.2. The molecule has 3 unspecified atom stereocenters. The van der Waals surface area contributed by atoms with E-state index in [9.17, 15) is 13.0 Å². The third-order valence-electron chi connectivity index (χ3n) is 7.94. The van der Waals surface area contributed by atoms with E-state index in [2.05, 4.69) is 32.2 Å². The van der Waals surface area contributed by atoms with Crippen LogP contribution in [0, 0.1) is 0 Å². The molecule has 0 bridgehead atoms. The molecule has 0 aliphatic heterocycles. The second kappa shape index (κ2) is 22.6. The van der Waals surface area contributed by atoms with Crippen LogP contribution in [0.2, 0.25) is 0 Å². The molecule has 0 fully saturated rings. The lowest BCUT2D eigenvalue weighted by atomic mass is 9.92. The van der Waals surface area contributed by atoms with E-state index in [0.29, 0.717) is 6.42 Å². The van der Waals surface area contributed by atoms with Gasteiger partial charge in [-0.2, -0.15) is 0 Å². The van der Waals surface area contributed by atoms with E-state index in [-0.39, 0.29) is 5.75 Å². The van der Waals surface area contributed by atoms with Crippen LogP contribution >= 0.6 is 7.75 Å². The molecule has 0 aromatic carbocycles. The second-order valence-electron chi connectivity index (χ2n) is 12.6. The van der Waals surface area contributed by atoms with Crippen molar-refractivity contribution in [2.45, 2.75) is 201 Å². The van der Waals surface area contributed by atoms with Crippen molar-refractivity contribution in [2.24, 2.45) is 0 Å². The minimum Gasteiger partial charge on any atom is -0.290 e. The average molecular weight is 610 g/mol. The Kier molecular flexibility index (Phi) is 22.6. The van der Waals surface area contributed by atoms with Crippen molar-refractivity contribution >= 4 is 17.8 Å². The summed E-state index contributed by atoms with van der Waals surface area (Å²) in [5.41, 5.74) is -1.43. The van der Waals surface area contributed by atoms with Crippen LogP contribution in [0.15, 0.2) is 0 Å². The fourth-order valence-corrected chi connectivity index (χ4v) is 9.58. The maximum absolute atomic E-state index is 14.6. The van der Waals surface area contributed by atoms with Crippen molar-refractivity contribution in [2.75, 3.05) is 5.75 Å². The van der Waals surface area contributed by atoms with E-state index in [0.717, 1.165) is 116 Å². The van der Waals surface area contributed by atoms with E-state index < -0.39 is 29.0 Å². The summed E-state index contributed by atoms with van der Waals surface area (Å²) in [5.74, 6) is -0.0759. The Morgan fingerprint density at radius 2 is 0.825 bits per heavy atom. The molecule has 0 saturated heterocycles. The van der Waals surface area contributed by atoms with Gasteiger partial charge in [-0.25, -0.2) is 13.0 Å². The third-order valence-corrected chi connectivity index (χ3v) is 12.1. The fourth-order valence-electron chi connectivity index (χ4n) is 5.32. The summed E-state index contributed by atoms with van der Waals surface area (Å²) in [5, 5.41) is 0. The summed E-state index contributed by atoms with van der Waals surface area (Å²) in [6.45, 7) is 14.7. The van der Waals surface area contributed by atoms with Gasteiger partial charge in [-0.3, -0.25) is 9.05 Å². The zero-order valence-corrected chi connectivity index (χ0v) is 29.4. The summed E-state index contributed by atoms with van der Waals surface area (Å²) in [4.78, 5) is 0. The molecule has 0 rings (SSSR count). The zero-order chi connectivity index (χ0) is 30.4. The number of rotatable bonds is 29. The SMILES string of the molecule is CCCCCCCC(C)(CCCCCC)OP(=O)(NS(=O)(=O)CCCC)OC(C)(CCCCC)CCCCCC. The molecule has 0 spiro atoms. The Morgan fingerprint density at radius 3 is 1.20 bits per heavy atom. The predicted octanol–water partition coefficient (Wildman–Crippen LogP) is 11.2. The number of sulfonamides is 1. The van der Waals surface area contributed by atoms with Gasteiger partial charge in [0.2, 0.25) is 10.0 Å². The summed E-state index contributed by atoms with van der Waals surface area (Å²) in [7, 11) is -8.01. The van der Waals surface area contributed by atoms with Crippen molar-refractivity contribution in [3.63, 3.8) is 0 Å². The van der Waals surface area contributed by atoms with E-state index in [1.54, 1.807) is 0 Å². The Hall–Kier alpha value is 0.0600. The molecule has 0 aromatic rings. The third kappa shape index (κ3) is 20.1. The van der Waals surface area contributed by atoms with Crippen molar-refractivity contribution in [1.29, 1.82) is 0 Å². The van der Waals surface area contributed by atoms with Crippen molar-refractivity contribution in [3.05, 3.63) is 0 Å². The lowest BCUT2D eigenvalue weighted by Gasteiger charge is -2.38. The van der Waals surface area contributed by atoms with Crippen LogP contribution in [0.3, 0.4) is 0 Å². The molecule has 0 aliphatic carbocycles. The summed E-state index contributed by atoms with van der Waals surface area (Å²) in [6, 6.07) is 0. The van der Waals surface area contributed by atoms with Gasteiger partial charge in [0.25, 0.3) is 0 Å². The number of hydrogen-bond donors (Lipinski definition) is 1. The van der Waals surface area contributed by atoms with Gasteiger partial charge >= 0.3 is 7.75 Å². The minimum atomic E-state index is -4.18. The predicted molar refractivity (Wildman–Crippen MR) is 173 cm³/mol. The molecule has 3 atom stereocenters. The maximum Gasteiger partial charge on any atom is 0.420 e. The van der Waals surface area contributed by atoms with Crippen molar-refractivity contribution in [1.82, 2.24) is 4.49 Å². The van der Waals surface area contributed by atoms with Crippen LogP contribution in [-0.4, -0.2) is 25.4 Å². The first-order chi connectivity index (χ1) is 18.9. The molecule has 0 aliphatic rings. The first kappa shape index (κ1) is 40.1. The quantitative estimate of drug-likeness (QED) is 0.0674. The van der Waals surface area contributed by atoms with Gasteiger partial charge in [0, 0.05) is 0 Å². The van der Waals surface area contributed by atoms with Gasteiger partial charge < -0.3 is 0 Å². The molecule has 0 saturated carbocycles. The molecular formula is C32H68NO5PS. The molecule has 8 heteroatoms. The summed E-state index contributed by atoms with van der Waals surface area (Å²) in [6.07, 6.45) is 21.6. The number of unbranched alkanes of at least 4 members (excludes halogenated alkanes) is 13. The number of hydrogen-bond acceptors (Lipinski definition) is 5. The van der Waals surface area contributed by atoms with Crippen LogP contribution in [0.4, 0.5) is 0 Å². The van der Waals surface area contributed by atoms with Crippen LogP contribution in [-0.2, 0) is 23.6 Å². The zero-order valence-electron chi connectivity index (χ0n) is 27.7. The van der Waals surface area contributed by atoms with E-state index >= 15 is 0 Å². The highest BCUT2D eigenvalue weighted by atomic mass is 32.2. The van der Waals surface area contributed by atoms with E-state index in [1.165, 1.54) is 19.3 Å². The number of nitrogens with one attached hydrogen (secondary N) is 1. The molecule has 0 radical (unpaired) electrons. The fraction of sp³-hybridized carbons (Fsp3) is 1.00. The largest absolute Gasteiger partial charge is 0.420 e. The average Bonchev–Trinajstić information content (AvgIpc) is 2.87. The van der Waals surface area contributed by atoms with Crippen molar-refractivity contribution < 1.29 is 22.0 Å². The van der Waals surface area contributed by atoms with Crippen molar-refractivity contribution in [3.8, 4) is 0 Å². The Labute approximate surface area is 250 Å². The molecular weight excluding hydrogens is 541 g/mol. The van der Waals surface area contributed by atoms with Gasteiger partial charge in [-0.05, 0) is 46.0 Å². The van der Waals surface area contributed by atoms with Gasteiger partial charge in [0.15, 0.2) is 0 Å². The molecule has 0 aromatic heterocycles. The van der Waals surface area contributed by atoms with Gasteiger partial charge in [-0.15, -0.1) is 4.49 Å². The highest BCUT2D eigenvalue weighted by molar-refractivity contribution is 7.94. The van der Waals surface area contributed by atoms with Gasteiger partial charge in [0.05, 0.1) is 17.0 Å².